The molecule has 1 unspecified atom stereocenters. The molecule has 0 aliphatic rings. The van der Waals surface area contributed by atoms with Crippen LogP contribution in [0.4, 0.5) is 0 Å². The number of ether oxygens (including phenoxy) is 1. The number of amides is 1. The summed E-state index contributed by atoms with van der Waals surface area (Å²) >= 11 is 0. The van der Waals surface area contributed by atoms with E-state index in [0.717, 1.165) is 22.4 Å². The van der Waals surface area contributed by atoms with Crippen LogP contribution in [0.3, 0.4) is 0 Å². The summed E-state index contributed by atoms with van der Waals surface area (Å²) in [5.74, 6) is 0.891. The quantitative estimate of drug-likeness (QED) is 0.567. The summed E-state index contributed by atoms with van der Waals surface area (Å²) in [4.78, 5) is 15.1. The van der Waals surface area contributed by atoms with Gasteiger partial charge in [-0.1, -0.05) is 78.9 Å². The number of nitrogens with zero attached hydrogens (tertiary/aromatic N) is 1. The van der Waals surface area contributed by atoms with Crippen molar-refractivity contribution in [3.8, 4) is 5.75 Å². The van der Waals surface area contributed by atoms with Crippen molar-refractivity contribution in [3.63, 3.8) is 0 Å². The zero-order chi connectivity index (χ0) is 21.3. The molecule has 1 atom stereocenters. The van der Waals surface area contributed by atoms with Crippen LogP contribution in [0.15, 0.2) is 84.9 Å². The molecule has 4 heteroatoms. The second-order valence-corrected chi connectivity index (χ2v) is 7.60. The fourth-order valence-electron chi connectivity index (χ4n) is 3.78. The Morgan fingerprint density at radius 2 is 1.40 bits per heavy atom. The molecule has 156 valence electrons. The first-order valence-corrected chi connectivity index (χ1v) is 10.3. The summed E-state index contributed by atoms with van der Waals surface area (Å²) in [6.07, 6.45) is 0.403. The van der Waals surface area contributed by atoms with Crippen LogP contribution in [0.2, 0.25) is 0 Å². The van der Waals surface area contributed by atoms with E-state index in [4.69, 9.17) is 4.74 Å². The second-order valence-electron chi connectivity index (χ2n) is 7.60. The van der Waals surface area contributed by atoms with Crippen LogP contribution in [0.25, 0.3) is 0 Å². The van der Waals surface area contributed by atoms with Crippen molar-refractivity contribution in [2.75, 3.05) is 27.7 Å². The van der Waals surface area contributed by atoms with Crippen molar-refractivity contribution < 1.29 is 9.53 Å². The average molecular weight is 403 g/mol. The third-order valence-corrected chi connectivity index (χ3v) is 5.41. The summed E-state index contributed by atoms with van der Waals surface area (Å²) < 4.78 is 5.52. The van der Waals surface area contributed by atoms with Gasteiger partial charge >= 0.3 is 0 Å². The van der Waals surface area contributed by atoms with Gasteiger partial charge < -0.3 is 15.0 Å². The van der Waals surface area contributed by atoms with Crippen molar-refractivity contribution in [1.29, 1.82) is 0 Å². The van der Waals surface area contributed by atoms with E-state index in [1.165, 1.54) is 0 Å². The Morgan fingerprint density at radius 3 is 1.93 bits per heavy atom. The Labute approximate surface area is 179 Å². The van der Waals surface area contributed by atoms with Gasteiger partial charge in [0.2, 0.25) is 5.91 Å². The lowest BCUT2D eigenvalue weighted by atomic mass is 9.88. The van der Waals surface area contributed by atoms with E-state index in [0.29, 0.717) is 13.0 Å². The van der Waals surface area contributed by atoms with Crippen LogP contribution < -0.4 is 10.1 Å². The van der Waals surface area contributed by atoms with E-state index >= 15 is 0 Å². The van der Waals surface area contributed by atoms with Gasteiger partial charge in [0.15, 0.2) is 0 Å². The number of carbonyl (C=O) groups is 1. The minimum Gasteiger partial charge on any atom is -0.496 e. The van der Waals surface area contributed by atoms with E-state index in [1.807, 2.05) is 74.8 Å². The molecule has 0 bridgehead atoms. The standard InChI is InChI=1S/C26H30N2O2/c1-28(2)24(22-16-10-11-17-25(22)30-3)19-27-26(29)18-23(20-12-6-4-7-13-20)21-14-8-5-9-15-21/h4-17,23-24H,18-19H2,1-3H3,(H,27,29). The molecule has 4 nitrogen and oxygen atoms in total. The van der Waals surface area contributed by atoms with E-state index in [1.54, 1.807) is 7.11 Å². The molecule has 0 saturated carbocycles. The van der Waals surface area contributed by atoms with Gasteiger partial charge in [0.25, 0.3) is 0 Å². The minimum absolute atomic E-state index is 0.0245. The number of likely N-dealkylation sites (N-methyl/N-ethyl adjacent to an activating group) is 1. The fraction of sp³-hybridized carbons (Fsp3) is 0.269. The maximum absolute atomic E-state index is 13.0. The summed E-state index contributed by atoms with van der Waals surface area (Å²) in [5.41, 5.74) is 3.36. The Bertz CT molecular complexity index is 887. The van der Waals surface area contributed by atoms with Crippen LogP contribution in [0.5, 0.6) is 5.75 Å². The number of para-hydroxylation sites is 1. The summed E-state index contributed by atoms with van der Waals surface area (Å²) in [6, 6.07) is 28.4. The van der Waals surface area contributed by atoms with Crippen LogP contribution in [0, 0.1) is 0 Å². The SMILES string of the molecule is COc1ccccc1C(CNC(=O)CC(c1ccccc1)c1ccccc1)N(C)C. The summed E-state index contributed by atoms with van der Waals surface area (Å²) in [5, 5.41) is 3.15. The van der Waals surface area contributed by atoms with E-state index in [-0.39, 0.29) is 17.9 Å². The lowest BCUT2D eigenvalue weighted by Crippen LogP contribution is -2.35. The van der Waals surface area contributed by atoms with Gasteiger partial charge in [-0.2, -0.15) is 0 Å². The number of hydrogen-bond donors (Lipinski definition) is 1. The van der Waals surface area contributed by atoms with Crippen LogP contribution in [-0.2, 0) is 4.79 Å². The molecule has 0 aliphatic carbocycles. The third kappa shape index (κ3) is 5.49. The Hall–Kier alpha value is -3.11. The number of hydrogen-bond acceptors (Lipinski definition) is 3. The molecule has 1 N–H and O–H groups in total. The molecule has 0 fully saturated rings. The second kappa shape index (κ2) is 10.6. The van der Waals surface area contributed by atoms with E-state index in [9.17, 15) is 4.79 Å². The van der Waals surface area contributed by atoms with Crippen molar-refractivity contribution in [2.45, 2.75) is 18.4 Å². The normalized spacial score (nSPS) is 12.0. The van der Waals surface area contributed by atoms with Crippen molar-refractivity contribution in [1.82, 2.24) is 10.2 Å². The number of nitrogens with one attached hydrogen (secondary N) is 1. The Kier molecular flexibility index (Phi) is 7.63. The molecule has 0 saturated heterocycles. The highest BCUT2D eigenvalue weighted by molar-refractivity contribution is 5.77. The maximum Gasteiger partial charge on any atom is 0.221 e. The van der Waals surface area contributed by atoms with Gasteiger partial charge in [-0.05, 0) is 31.3 Å². The first kappa shape index (κ1) is 21.6. The van der Waals surface area contributed by atoms with Gasteiger partial charge in [0.1, 0.15) is 5.75 Å². The van der Waals surface area contributed by atoms with Gasteiger partial charge in [0, 0.05) is 24.4 Å². The van der Waals surface area contributed by atoms with E-state index < -0.39 is 0 Å². The highest BCUT2D eigenvalue weighted by atomic mass is 16.5. The summed E-state index contributed by atoms with van der Waals surface area (Å²) in [7, 11) is 5.70. The summed E-state index contributed by atoms with van der Waals surface area (Å²) in [6.45, 7) is 0.516. The van der Waals surface area contributed by atoms with Crippen molar-refractivity contribution in [3.05, 3.63) is 102 Å². The van der Waals surface area contributed by atoms with E-state index in [2.05, 4.69) is 34.5 Å². The average Bonchev–Trinajstić information content (AvgIpc) is 2.79. The van der Waals surface area contributed by atoms with Gasteiger partial charge in [-0.15, -0.1) is 0 Å². The molecule has 3 aromatic carbocycles. The fourth-order valence-corrected chi connectivity index (χ4v) is 3.78. The molecule has 3 rings (SSSR count). The molecule has 3 aromatic rings. The zero-order valence-corrected chi connectivity index (χ0v) is 17.9. The van der Waals surface area contributed by atoms with Crippen molar-refractivity contribution >= 4 is 5.91 Å². The lowest BCUT2D eigenvalue weighted by molar-refractivity contribution is -0.121. The lowest BCUT2D eigenvalue weighted by Gasteiger charge is -2.27. The van der Waals surface area contributed by atoms with Crippen molar-refractivity contribution in [2.24, 2.45) is 0 Å². The number of carbonyl (C=O) groups excluding carboxylic acids is 1. The topological polar surface area (TPSA) is 41.6 Å². The largest absolute Gasteiger partial charge is 0.496 e. The van der Waals surface area contributed by atoms with Gasteiger partial charge in [-0.25, -0.2) is 0 Å². The first-order chi connectivity index (χ1) is 14.6. The molecule has 0 radical (unpaired) electrons. The molecule has 0 spiro atoms. The predicted octanol–water partition coefficient (Wildman–Crippen LogP) is 4.64. The maximum atomic E-state index is 13.0. The van der Waals surface area contributed by atoms with Crippen LogP contribution in [-0.4, -0.2) is 38.6 Å². The van der Waals surface area contributed by atoms with Crippen LogP contribution >= 0.6 is 0 Å². The zero-order valence-electron chi connectivity index (χ0n) is 17.9. The predicted molar refractivity (Wildman–Crippen MR) is 122 cm³/mol. The molecular weight excluding hydrogens is 372 g/mol. The molecule has 0 heterocycles. The number of methoxy groups -OCH3 is 1. The molecular formula is C26H30N2O2. The molecule has 30 heavy (non-hydrogen) atoms. The monoisotopic (exact) mass is 402 g/mol. The van der Waals surface area contributed by atoms with Crippen LogP contribution in [0.1, 0.15) is 35.1 Å². The highest BCUT2D eigenvalue weighted by Gasteiger charge is 2.21. The minimum atomic E-state index is 0.0245. The molecule has 0 aromatic heterocycles. The number of benzene rings is 3. The highest BCUT2D eigenvalue weighted by Crippen LogP contribution is 2.29. The Balaban J connectivity index is 1.73. The molecule has 1 amide bonds. The third-order valence-electron chi connectivity index (χ3n) is 5.41. The van der Waals surface area contributed by atoms with Gasteiger partial charge in [-0.3, -0.25) is 4.79 Å². The molecule has 0 aliphatic heterocycles. The van der Waals surface area contributed by atoms with Gasteiger partial charge in [0.05, 0.1) is 13.2 Å². The Morgan fingerprint density at radius 1 is 0.867 bits per heavy atom. The smallest absolute Gasteiger partial charge is 0.221 e. The number of rotatable bonds is 9. The first-order valence-electron chi connectivity index (χ1n) is 10.3.